The van der Waals surface area contributed by atoms with E-state index in [0.717, 1.165) is 23.3 Å². The zero-order valence-electron chi connectivity index (χ0n) is 12.3. The number of carboxylic acid groups (broad SMARTS) is 1. The number of carbonyl (C=O) groups is 1. The first-order valence-electron chi connectivity index (χ1n) is 6.40. The van der Waals surface area contributed by atoms with Gasteiger partial charge >= 0.3 is 5.97 Å². The van der Waals surface area contributed by atoms with Crippen molar-refractivity contribution < 1.29 is 14.6 Å². The van der Waals surface area contributed by atoms with Gasteiger partial charge in [-0.2, -0.15) is 0 Å². The number of hydrogen-bond donors (Lipinski definition) is 2. The summed E-state index contributed by atoms with van der Waals surface area (Å²) in [4.78, 5) is 11.0. The molecule has 0 atom stereocenters. The topological polar surface area (TPSA) is 58.6 Å². The molecule has 0 bridgehead atoms. The van der Waals surface area contributed by atoms with Gasteiger partial charge in [0.25, 0.3) is 0 Å². The Morgan fingerprint density at radius 1 is 1.32 bits per heavy atom. The average Bonchev–Trinajstić information content (AvgIpc) is 2.32. The van der Waals surface area contributed by atoms with Gasteiger partial charge in [-0.05, 0) is 56.9 Å². The zero-order chi connectivity index (χ0) is 14.6. The van der Waals surface area contributed by atoms with Gasteiger partial charge in [-0.15, -0.1) is 0 Å². The van der Waals surface area contributed by atoms with E-state index in [1.807, 2.05) is 19.9 Å². The predicted octanol–water partition coefficient (Wildman–Crippen LogP) is 2.31. The predicted molar refractivity (Wildman–Crippen MR) is 75.9 cm³/mol. The number of hydrogen-bond acceptors (Lipinski definition) is 3. The molecule has 0 aromatic heterocycles. The van der Waals surface area contributed by atoms with Crippen LogP contribution in [0.5, 0.6) is 5.75 Å². The number of carboxylic acids is 1. The third-order valence-electron chi connectivity index (χ3n) is 3.35. The summed E-state index contributed by atoms with van der Waals surface area (Å²) in [7, 11) is 1.67. The summed E-state index contributed by atoms with van der Waals surface area (Å²) in [6.45, 7) is 8.02. The van der Waals surface area contributed by atoms with Crippen LogP contribution < -0.4 is 10.1 Å². The molecule has 0 aliphatic carbocycles. The molecule has 0 saturated heterocycles. The normalized spacial score (nSPS) is 11.4. The van der Waals surface area contributed by atoms with Crippen molar-refractivity contribution in [3.8, 4) is 5.75 Å². The first-order chi connectivity index (χ1) is 8.77. The van der Waals surface area contributed by atoms with Gasteiger partial charge in [-0.3, -0.25) is 4.79 Å². The lowest BCUT2D eigenvalue weighted by molar-refractivity contribution is -0.143. The van der Waals surface area contributed by atoms with Crippen LogP contribution in [0.2, 0.25) is 0 Å². The first kappa shape index (κ1) is 15.5. The highest BCUT2D eigenvalue weighted by Gasteiger charge is 2.25. The van der Waals surface area contributed by atoms with Crippen LogP contribution in [0, 0.1) is 13.8 Å². The fourth-order valence-electron chi connectivity index (χ4n) is 1.92. The maximum Gasteiger partial charge on any atom is 0.323 e. The summed E-state index contributed by atoms with van der Waals surface area (Å²) in [5, 5.41) is 12.1. The van der Waals surface area contributed by atoms with Crippen molar-refractivity contribution in [2.45, 2.75) is 39.7 Å². The Balaban J connectivity index is 2.69. The summed E-state index contributed by atoms with van der Waals surface area (Å²) in [5.41, 5.74) is 2.58. The molecule has 0 unspecified atom stereocenters. The lowest BCUT2D eigenvalue weighted by atomic mass is 10.0. The van der Waals surface area contributed by atoms with Crippen LogP contribution in [0.3, 0.4) is 0 Å². The average molecular weight is 265 g/mol. The number of aryl methyl sites for hydroxylation is 2. The van der Waals surface area contributed by atoms with Crippen LogP contribution >= 0.6 is 0 Å². The fourth-order valence-corrected chi connectivity index (χ4v) is 1.92. The molecule has 0 spiro atoms. The highest BCUT2D eigenvalue weighted by Crippen LogP contribution is 2.22. The molecule has 0 amide bonds. The number of benzene rings is 1. The van der Waals surface area contributed by atoms with Crippen molar-refractivity contribution in [1.82, 2.24) is 5.32 Å². The smallest absolute Gasteiger partial charge is 0.323 e. The van der Waals surface area contributed by atoms with Crippen molar-refractivity contribution in [3.05, 3.63) is 28.8 Å². The molecular weight excluding hydrogens is 242 g/mol. The molecule has 2 N–H and O–H groups in total. The maximum atomic E-state index is 11.0. The number of aliphatic carboxylic acids is 1. The summed E-state index contributed by atoms with van der Waals surface area (Å²) in [6.07, 6.45) is 0.799. The van der Waals surface area contributed by atoms with Gasteiger partial charge in [0.1, 0.15) is 11.3 Å². The Morgan fingerprint density at radius 2 is 1.95 bits per heavy atom. The third kappa shape index (κ3) is 3.96. The number of ether oxygens (including phenoxy) is 1. The van der Waals surface area contributed by atoms with Crippen molar-refractivity contribution >= 4 is 5.97 Å². The van der Waals surface area contributed by atoms with Crippen molar-refractivity contribution in [2.75, 3.05) is 13.7 Å². The van der Waals surface area contributed by atoms with Crippen molar-refractivity contribution in [2.24, 2.45) is 0 Å². The van der Waals surface area contributed by atoms with Gasteiger partial charge in [-0.1, -0.05) is 6.07 Å². The molecule has 4 nitrogen and oxygen atoms in total. The Bertz CT molecular complexity index is 467. The van der Waals surface area contributed by atoms with E-state index >= 15 is 0 Å². The van der Waals surface area contributed by atoms with E-state index in [1.165, 1.54) is 5.56 Å². The fraction of sp³-hybridized carbons (Fsp3) is 0.533. The zero-order valence-corrected chi connectivity index (χ0v) is 12.3. The van der Waals surface area contributed by atoms with Crippen LogP contribution in [0.25, 0.3) is 0 Å². The quantitative estimate of drug-likeness (QED) is 0.828. The molecular formula is C15H23NO3. The minimum atomic E-state index is -0.893. The standard InChI is InChI=1S/C15H23NO3/c1-10-9-13(19-5)11(2)8-12(10)6-7-16-15(3,4)14(17)18/h8-9,16H,6-7H2,1-5H3,(H,17,18). The van der Waals surface area contributed by atoms with E-state index in [4.69, 9.17) is 9.84 Å². The Hall–Kier alpha value is -1.55. The molecule has 0 fully saturated rings. The van der Waals surface area contributed by atoms with Crippen LogP contribution in [-0.4, -0.2) is 30.3 Å². The summed E-state index contributed by atoms with van der Waals surface area (Å²) < 4.78 is 5.28. The largest absolute Gasteiger partial charge is 0.496 e. The van der Waals surface area contributed by atoms with Gasteiger partial charge in [0.15, 0.2) is 0 Å². The number of methoxy groups -OCH3 is 1. The molecule has 0 radical (unpaired) electrons. The monoisotopic (exact) mass is 265 g/mol. The van der Waals surface area contributed by atoms with Crippen LogP contribution in [0.15, 0.2) is 12.1 Å². The van der Waals surface area contributed by atoms with E-state index in [-0.39, 0.29) is 0 Å². The van der Waals surface area contributed by atoms with E-state index in [0.29, 0.717) is 6.54 Å². The summed E-state index contributed by atoms with van der Waals surface area (Å²) in [6, 6.07) is 4.12. The van der Waals surface area contributed by atoms with Crippen LogP contribution in [0.1, 0.15) is 30.5 Å². The van der Waals surface area contributed by atoms with Gasteiger partial charge in [0, 0.05) is 6.54 Å². The molecule has 0 aliphatic rings. The molecule has 19 heavy (non-hydrogen) atoms. The summed E-state index contributed by atoms with van der Waals surface area (Å²) in [5.74, 6) is 0.0511. The molecule has 1 rings (SSSR count). The van der Waals surface area contributed by atoms with Gasteiger partial charge in [0.2, 0.25) is 0 Å². The Kier molecular flexibility index (Phi) is 4.95. The second-order valence-electron chi connectivity index (χ2n) is 5.36. The summed E-state index contributed by atoms with van der Waals surface area (Å²) >= 11 is 0. The van der Waals surface area contributed by atoms with Crippen molar-refractivity contribution in [1.29, 1.82) is 0 Å². The molecule has 0 saturated carbocycles. The van der Waals surface area contributed by atoms with Crippen molar-refractivity contribution in [3.63, 3.8) is 0 Å². The lowest BCUT2D eigenvalue weighted by Gasteiger charge is -2.21. The second-order valence-corrected chi connectivity index (χ2v) is 5.36. The van der Waals surface area contributed by atoms with Gasteiger partial charge < -0.3 is 15.2 Å². The molecule has 0 heterocycles. The minimum absolute atomic E-state index is 0.631. The second kappa shape index (κ2) is 6.06. The van der Waals surface area contributed by atoms with E-state index in [1.54, 1.807) is 21.0 Å². The Labute approximate surface area is 114 Å². The van der Waals surface area contributed by atoms with E-state index in [9.17, 15) is 4.79 Å². The Morgan fingerprint density at radius 3 is 2.47 bits per heavy atom. The maximum absolute atomic E-state index is 11.0. The molecule has 1 aromatic rings. The van der Waals surface area contributed by atoms with E-state index < -0.39 is 11.5 Å². The van der Waals surface area contributed by atoms with Gasteiger partial charge in [-0.25, -0.2) is 0 Å². The first-order valence-corrected chi connectivity index (χ1v) is 6.40. The highest BCUT2D eigenvalue weighted by molar-refractivity contribution is 5.77. The molecule has 1 aromatic carbocycles. The SMILES string of the molecule is COc1cc(C)c(CCNC(C)(C)C(=O)O)cc1C. The third-order valence-corrected chi connectivity index (χ3v) is 3.35. The molecule has 4 heteroatoms. The molecule has 0 aliphatic heterocycles. The highest BCUT2D eigenvalue weighted by atomic mass is 16.5. The lowest BCUT2D eigenvalue weighted by Crippen LogP contribution is -2.47. The minimum Gasteiger partial charge on any atom is -0.496 e. The number of rotatable bonds is 6. The molecule has 106 valence electrons. The van der Waals surface area contributed by atoms with Crippen LogP contribution in [0.4, 0.5) is 0 Å². The van der Waals surface area contributed by atoms with Gasteiger partial charge in [0.05, 0.1) is 7.11 Å². The number of nitrogens with one attached hydrogen (secondary N) is 1. The van der Waals surface area contributed by atoms with Crippen LogP contribution in [-0.2, 0) is 11.2 Å². The van der Waals surface area contributed by atoms with E-state index in [2.05, 4.69) is 11.4 Å².